The van der Waals surface area contributed by atoms with Crippen molar-refractivity contribution in [3.8, 4) is 0 Å². The summed E-state index contributed by atoms with van der Waals surface area (Å²) in [6.45, 7) is 9.77. The zero-order valence-electron chi connectivity index (χ0n) is 15.4. The predicted molar refractivity (Wildman–Crippen MR) is 96.6 cm³/mol. The largest absolute Gasteiger partial charge is 0.461 e. The molecule has 0 bridgehead atoms. The number of esters is 1. The first kappa shape index (κ1) is 17.5. The van der Waals surface area contributed by atoms with Gasteiger partial charge in [-0.1, -0.05) is 57.5 Å². The maximum Gasteiger partial charge on any atom is 0.325 e. The van der Waals surface area contributed by atoms with E-state index in [0.717, 1.165) is 13.0 Å². The molecule has 3 heteroatoms. The van der Waals surface area contributed by atoms with Crippen LogP contribution in [0, 0.1) is 17.8 Å². The average Bonchev–Trinajstić information content (AvgIpc) is 3.35. The molecule has 1 aromatic carbocycles. The van der Waals surface area contributed by atoms with Crippen molar-refractivity contribution in [2.75, 3.05) is 6.54 Å². The van der Waals surface area contributed by atoms with Crippen molar-refractivity contribution in [2.45, 2.75) is 65.1 Å². The number of rotatable bonds is 5. The Morgan fingerprint density at radius 3 is 2.54 bits per heavy atom. The molecule has 0 aromatic heterocycles. The second-order valence-corrected chi connectivity index (χ2v) is 8.10. The maximum absolute atomic E-state index is 12.6. The summed E-state index contributed by atoms with van der Waals surface area (Å²) in [5, 5.41) is 0. The Labute approximate surface area is 146 Å². The van der Waals surface area contributed by atoms with Crippen LogP contribution in [0.2, 0.25) is 0 Å². The minimum Gasteiger partial charge on any atom is -0.461 e. The summed E-state index contributed by atoms with van der Waals surface area (Å²) in [4.78, 5) is 14.9. The molecule has 1 aliphatic heterocycles. The lowest BCUT2D eigenvalue weighted by Gasteiger charge is -2.36. The summed E-state index contributed by atoms with van der Waals surface area (Å²) in [6, 6.07) is 10.6. The number of benzene rings is 1. The lowest BCUT2D eigenvalue weighted by atomic mass is 9.75. The minimum atomic E-state index is -0.0507. The Morgan fingerprint density at radius 2 is 1.88 bits per heavy atom. The van der Waals surface area contributed by atoms with E-state index in [4.69, 9.17) is 4.74 Å². The Balaban J connectivity index is 1.57. The van der Waals surface area contributed by atoms with E-state index >= 15 is 0 Å². The van der Waals surface area contributed by atoms with E-state index in [9.17, 15) is 4.79 Å². The van der Waals surface area contributed by atoms with Crippen LogP contribution in [0.15, 0.2) is 30.3 Å². The number of carbonyl (C=O) groups excluding carboxylic acids is 1. The van der Waals surface area contributed by atoms with Crippen molar-refractivity contribution in [1.29, 1.82) is 0 Å². The fourth-order valence-corrected chi connectivity index (χ4v) is 4.19. The molecule has 1 aromatic rings. The van der Waals surface area contributed by atoms with Crippen molar-refractivity contribution in [3.05, 3.63) is 35.9 Å². The molecule has 6 atom stereocenters. The van der Waals surface area contributed by atoms with Gasteiger partial charge < -0.3 is 4.74 Å². The summed E-state index contributed by atoms with van der Waals surface area (Å²) in [5.41, 5.74) is 1.26. The fourth-order valence-electron chi connectivity index (χ4n) is 4.19. The van der Waals surface area contributed by atoms with E-state index in [1.165, 1.54) is 18.4 Å². The monoisotopic (exact) mass is 329 g/mol. The molecular weight excluding hydrogens is 298 g/mol. The molecule has 1 saturated heterocycles. The zero-order chi connectivity index (χ0) is 17.3. The van der Waals surface area contributed by atoms with Gasteiger partial charge in [-0.15, -0.1) is 0 Å². The second kappa shape index (κ2) is 7.26. The quantitative estimate of drug-likeness (QED) is 0.591. The third kappa shape index (κ3) is 3.83. The highest BCUT2D eigenvalue weighted by molar-refractivity contribution is 5.79. The van der Waals surface area contributed by atoms with Crippen LogP contribution < -0.4 is 0 Å². The molecule has 1 aliphatic carbocycles. The standard InChI is InChI=1S/C21H31NO2/c1-14(2)18-11-10-15(3)12-20(18)24-21(23)19-13-22(19)16(4)17-8-6-5-7-9-17/h5-9,14-16,18-20H,10-13H2,1-4H3/t15-,16-,18+,19-,20-,22?/m0/s1. The van der Waals surface area contributed by atoms with E-state index in [1.54, 1.807) is 0 Å². The molecule has 0 N–H and O–H groups in total. The highest BCUT2D eigenvalue weighted by atomic mass is 16.5. The van der Waals surface area contributed by atoms with Gasteiger partial charge in [0.1, 0.15) is 12.1 Å². The smallest absolute Gasteiger partial charge is 0.325 e. The van der Waals surface area contributed by atoms with Crippen LogP contribution in [0.5, 0.6) is 0 Å². The minimum absolute atomic E-state index is 0.0115. The van der Waals surface area contributed by atoms with Crippen LogP contribution >= 0.6 is 0 Å². The molecule has 0 radical (unpaired) electrons. The molecule has 0 spiro atoms. The Morgan fingerprint density at radius 1 is 1.17 bits per heavy atom. The Bertz CT molecular complexity index is 556. The van der Waals surface area contributed by atoms with E-state index in [1.807, 2.05) is 6.07 Å². The maximum atomic E-state index is 12.6. The predicted octanol–water partition coefficient (Wildman–Crippen LogP) is 4.44. The van der Waals surface area contributed by atoms with Crippen molar-refractivity contribution in [1.82, 2.24) is 4.90 Å². The first-order valence-corrected chi connectivity index (χ1v) is 9.48. The average molecular weight is 329 g/mol. The van der Waals surface area contributed by atoms with Gasteiger partial charge in [-0.2, -0.15) is 0 Å². The fraction of sp³-hybridized carbons (Fsp3) is 0.667. The molecule has 1 saturated carbocycles. The summed E-state index contributed by atoms with van der Waals surface area (Å²) in [7, 11) is 0. The molecule has 2 aliphatic rings. The van der Waals surface area contributed by atoms with Crippen LogP contribution in [-0.4, -0.2) is 29.6 Å². The van der Waals surface area contributed by atoms with E-state index in [0.29, 0.717) is 17.8 Å². The molecular formula is C21H31NO2. The summed E-state index contributed by atoms with van der Waals surface area (Å²) in [6.07, 6.45) is 3.58. The van der Waals surface area contributed by atoms with Gasteiger partial charge in [0.05, 0.1) is 0 Å². The van der Waals surface area contributed by atoms with Crippen LogP contribution in [0.25, 0.3) is 0 Å². The number of nitrogens with zero attached hydrogens (tertiary/aromatic N) is 1. The van der Waals surface area contributed by atoms with Gasteiger partial charge in [0.15, 0.2) is 0 Å². The lowest BCUT2D eigenvalue weighted by molar-refractivity contribution is -0.156. The highest BCUT2D eigenvalue weighted by Crippen LogP contribution is 2.37. The summed E-state index contributed by atoms with van der Waals surface area (Å²) in [5.74, 6) is 1.75. The van der Waals surface area contributed by atoms with Gasteiger partial charge in [-0.3, -0.25) is 9.69 Å². The van der Waals surface area contributed by atoms with Crippen LogP contribution in [0.4, 0.5) is 0 Å². The van der Waals surface area contributed by atoms with Gasteiger partial charge in [0.2, 0.25) is 0 Å². The molecule has 1 heterocycles. The highest BCUT2D eigenvalue weighted by Gasteiger charge is 2.46. The van der Waals surface area contributed by atoms with Crippen molar-refractivity contribution < 1.29 is 9.53 Å². The van der Waals surface area contributed by atoms with E-state index in [2.05, 4.69) is 56.9 Å². The van der Waals surface area contributed by atoms with Crippen LogP contribution in [0.1, 0.15) is 58.6 Å². The molecule has 132 valence electrons. The van der Waals surface area contributed by atoms with Gasteiger partial charge in [-0.25, -0.2) is 0 Å². The van der Waals surface area contributed by atoms with E-state index < -0.39 is 0 Å². The third-order valence-electron chi connectivity index (χ3n) is 5.93. The number of carbonyl (C=O) groups is 1. The molecule has 1 unspecified atom stereocenters. The Hall–Kier alpha value is -1.35. The number of hydrogen-bond donors (Lipinski definition) is 0. The number of hydrogen-bond acceptors (Lipinski definition) is 3. The first-order chi connectivity index (χ1) is 11.5. The van der Waals surface area contributed by atoms with Gasteiger partial charge >= 0.3 is 5.97 Å². The molecule has 3 rings (SSSR count). The SMILES string of the molecule is CC(C)[C@H]1CC[C@H](C)C[C@@H]1OC(=O)[C@@H]1CN1[C@@H](C)c1ccccc1. The molecule has 0 amide bonds. The molecule has 3 nitrogen and oxygen atoms in total. The second-order valence-electron chi connectivity index (χ2n) is 8.10. The van der Waals surface area contributed by atoms with Gasteiger partial charge in [0, 0.05) is 12.6 Å². The van der Waals surface area contributed by atoms with E-state index in [-0.39, 0.29) is 24.2 Å². The van der Waals surface area contributed by atoms with Crippen molar-refractivity contribution in [3.63, 3.8) is 0 Å². The number of ether oxygens (including phenoxy) is 1. The van der Waals surface area contributed by atoms with Crippen molar-refractivity contribution in [2.24, 2.45) is 17.8 Å². The third-order valence-corrected chi connectivity index (χ3v) is 5.93. The Kier molecular flexibility index (Phi) is 5.29. The van der Waals surface area contributed by atoms with Gasteiger partial charge in [-0.05, 0) is 43.1 Å². The normalized spacial score (nSPS) is 34.0. The van der Waals surface area contributed by atoms with Gasteiger partial charge in [0.25, 0.3) is 0 Å². The lowest BCUT2D eigenvalue weighted by Crippen LogP contribution is -2.37. The zero-order valence-corrected chi connectivity index (χ0v) is 15.4. The topological polar surface area (TPSA) is 29.3 Å². The van der Waals surface area contributed by atoms with Crippen molar-refractivity contribution >= 4 is 5.97 Å². The first-order valence-electron chi connectivity index (χ1n) is 9.48. The summed E-state index contributed by atoms with van der Waals surface area (Å²) >= 11 is 0. The molecule has 2 fully saturated rings. The van der Waals surface area contributed by atoms with Crippen LogP contribution in [0.3, 0.4) is 0 Å². The van der Waals surface area contributed by atoms with Crippen LogP contribution in [-0.2, 0) is 9.53 Å². The summed E-state index contributed by atoms with van der Waals surface area (Å²) < 4.78 is 6.00. The molecule has 24 heavy (non-hydrogen) atoms.